The maximum Gasteiger partial charge on any atom is 0.316 e. The van der Waals surface area contributed by atoms with Crippen LogP contribution in [0.4, 0.5) is 5.69 Å². The highest BCUT2D eigenvalue weighted by Crippen LogP contribution is 2.31. The van der Waals surface area contributed by atoms with Crippen LogP contribution in [0.5, 0.6) is 5.88 Å². The van der Waals surface area contributed by atoms with E-state index in [4.69, 9.17) is 15.2 Å². The van der Waals surface area contributed by atoms with Crippen molar-refractivity contribution in [1.29, 1.82) is 0 Å². The molecule has 1 aromatic rings. The number of carbonyl (C=O) groups excluding carboxylic acids is 1. The highest BCUT2D eigenvalue weighted by atomic mass is 32.2. The van der Waals surface area contributed by atoms with Gasteiger partial charge in [0.2, 0.25) is 5.88 Å². The van der Waals surface area contributed by atoms with Crippen molar-refractivity contribution >= 4 is 23.4 Å². The number of thioether (sulfide) groups is 1. The van der Waals surface area contributed by atoms with Gasteiger partial charge in [-0.05, 0) is 51.7 Å². The van der Waals surface area contributed by atoms with Gasteiger partial charge in [0.15, 0.2) is 0 Å². The number of ether oxygens (including phenoxy) is 2. The van der Waals surface area contributed by atoms with Crippen molar-refractivity contribution in [2.45, 2.75) is 44.2 Å². The van der Waals surface area contributed by atoms with Crippen LogP contribution in [-0.4, -0.2) is 28.9 Å². The summed E-state index contributed by atoms with van der Waals surface area (Å²) in [5, 5.41) is 0.709. The molecule has 1 aliphatic rings. The second-order valence-corrected chi connectivity index (χ2v) is 7.17. The number of nitrogen functional groups attached to an aromatic ring is 1. The molecule has 0 amide bonds. The Hall–Kier alpha value is -1.43. The van der Waals surface area contributed by atoms with Crippen LogP contribution in [0.25, 0.3) is 0 Å². The minimum absolute atomic E-state index is 0.219. The summed E-state index contributed by atoms with van der Waals surface area (Å²) in [7, 11) is 0. The number of anilines is 1. The largest absolute Gasteiger partial charge is 0.476 e. The van der Waals surface area contributed by atoms with E-state index in [2.05, 4.69) is 4.98 Å². The molecule has 0 atom stereocenters. The predicted octanol–water partition coefficient (Wildman–Crippen LogP) is 2.89. The van der Waals surface area contributed by atoms with Gasteiger partial charge in [0.1, 0.15) is 10.6 Å². The van der Waals surface area contributed by atoms with Gasteiger partial charge in [0.05, 0.1) is 18.0 Å². The summed E-state index contributed by atoms with van der Waals surface area (Å²) in [6, 6.07) is 3.54. The SMILES string of the molecule is CC(C)(C)OC(=O)CSc1ccc(N)c(OCC2CC2)n1. The van der Waals surface area contributed by atoms with E-state index in [1.807, 2.05) is 20.8 Å². The van der Waals surface area contributed by atoms with Crippen LogP contribution in [0.2, 0.25) is 0 Å². The summed E-state index contributed by atoms with van der Waals surface area (Å²) in [6.45, 7) is 6.21. The van der Waals surface area contributed by atoms with Gasteiger partial charge in [-0.2, -0.15) is 0 Å². The second kappa shape index (κ2) is 6.56. The monoisotopic (exact) mass is 310 g/mol. The molecule has 1 aliphatic carbocycles. The molecule has 116 valence electrons. The third-order valence-corrected chi connectivity index (χ3v) is 3.68. The average molecular weight is 310 g/mol. The number of esters is 1. The van der Waals surface area contributed by atoms with Gasteiger partial charge in [-0.3, -0.25) is 4.79 Å². The highest BCUT2D eigenvalue weighted by Gasteiger charge is 2.22. The second-order valence-electron chi connectivity index (χ2n) is 6.17. The molecule has 21 heavy (non-hydrogen) atoms. The molecule has 1 fully saturated rings. The van der Waals surface area contributed by atoms with E-state index < -0.39 is 5.60 Å². The first-order valence-corrected chi connectivity index (χ1v) is 8.06. The summed E-state index contributed by atoms with van der Waals surface area (Å²) in [6.07, 6.45) is 2.43. The van der Waals surface area contributed by atoms with E-state index in [0.29, 0.717) is 29.1 Å². The fraction of sp³-hybridized carbons (Fsp3) is 0.600. The zero-order valence-corrected chi connectivity index (χ0v) is 13.5. The van der Waals surface area contributed by atoms with Crippen molar-refractivity contribution < 1.29 is 14.3 Å². The van der Waals surface area contributed by atoms with Crippen LogP contribution in [0.15, 0.2) is 17.2 Å². The van der Waals surface area contributed by atoms with Crippen LogP contribution in [0.1, 0.15) is 33.6 Å². The molecular formula is C15H22N2O3S. The molecule has 1 heterocycles. The van der Waals surface area contributed by atoms with E-state index in [0.717, 1.165) is 0 Å². The van der Waals surface area contributed by atoms with Crippen molar-refractivity contribution in [2.75, 3.05) is 18.1 Å². The predicted molar refractivity (Wildman–Crippen MR) is 83.4 cm³/mol. The van der Waals surface area contributed by atoms with Crippen molar-refractivity contribution in [3.05, 3.63) is 12.1 Å². The average Bonchev–Trinajstić information content (AvgIpc) is 3.18. The van der Waals surface area contributed by atoms with E-state index >= 15 is 0 Å². The Balaban J connectivity index is 1.87. The molecule has 0 radical (unpaired) electrons. The smallest absolute Gasteiger partial charge is 0.316 e. The standard InChI is InChI=1S/C15H22N2O3S/c1-15(2,3)20-13(18)9-21-12-7-6-11(16)14(17-12)19-8-10-4-5-10/h6-7,10H,4-5,8-9,16H2,1-3H3. The lowest BCUT2D eigenvalue weighted by atomic mass is 10.2. The molecule has 2 rings (SSSR count). The fourth-order valence-electron chi connectivity index (χ4n) is 1.62. The summed E-state index contributed by atoms with van der Waals surface area (Å²) >= 11 is 1.32. The molecule has 0 unspecified atom stereocenters. The molecule has 0 aromatic carbocycles. The number of aromatic nitrogens is 1. The van der Waals surface area contributed by atoms with Gasteiger partial charge >= 0.3 is 5.97 Å². The van der Waals surface area contributed by atoms with Crippen molar-refractivity contribution in [3.63, 3.8) is 0 Å². The van der Waals surface area contributed by atoms with Crippen molar-refractivity contribution in [2.24, 2.45) is 5.92 Å². The molecule has 1 aromatic heterocycles. The maximum atomic E-state index is 11.7. The van der Waals surface area contributed by atoms with Gasteiger partial charge in [-0.15, -0.1) is 0 Å². The zero-order chi connectivity index (χ0) is 15.5. The third-order valence-electron chi connectivity index (χ3n) is 2.77. The number of nitrogens with zero attached hydrogens (tertiary/aromatic N) is 1. The first-order valence-electron chi connectivity index (χ1n) is 7.07. The molecule has 0 spiro atoms. The summed E-state index contributed by atoms with van der Waals surface area (Å²) in [5.74, 6) is 1.06. The van der Waals surface area contributed by atoms with Crippen LogP contribution < -0.4 is 10.5 Å². The number of hydrogen-bond acceptors (Lipinski definition) is 6. The quantitative estimate of drug-likeness (QED) is 0.643. The molecule has 5 nitrogen and oxygen atoms in total. The van der Waals surface area contributed by atoms with Gasteiger partial charge in [0, 0.05) is 0 Å². The number of rotatable bonds is 6. The third kappa shape index (κ3) is 5.83. The highest BCUT2D eigenvalue weighted by molar-refractivity contribution is 7.99. The number of carbonyl (C=O) groups is 1. The Morgan fingerprint density at radius 1 is 1.43 bits per heavy atom. The Morgan fingerprint density at radius 3 is 2.76 bits per heavy atom. The van der Waals surface area contributed by atoms with E-state index in [1.165, 1.54) is 24.6 Å². The Bertz CT molecular complexity index is 510. The number of pyridine rings is 1. The van der Waals surface area contributed by atoms with E-state index in [-0.39, 0.29) is 11.7 Å². The normalized spacial score (nSPS) is 14.8. The molecule has 2 N–H and O–H groups in total. The molecule has 1 saturated carbocycles. The van der Waals surface area contributed by atoms with Crippen LogP contribution >= 0.6 is 11.8 Å². The van der Waals surface area contributed by atoms with E-state index in [1.54, 1.807) is 12.1 Å². The molecule has 0 aliphatic heterocycles. The van der Waals surface area contributed by atoms with Gasteiger partial charge in [-0.1, -0.05) is 11.8 Å². The maximum absolute atomic E-state index is 11.7. The Morgan fingerprint density at radius 2 is 2.14 bits per heavy atom. The topological polar surface area (TPSA) is 74.4 Å². The number of nitrogens with two attached hydrogens (primary N) is 1. The molecule has 0 bridgehead atoms. The van der Waals surface area contributed by atoms with Crippen molar-refractivity contribution in [1.82, 2.24) is 4.98 Å². The summed E-state index contributed by atoms with van der Waals surface area (Å²) in [4.78, 5) is 16.0. The Labute approximate surface area is 129 Å². The minimum atomic E-state index is -0.468. The van der Waals surface area contributed by atoms with Crippen LogP contribution in [0.3, 0.4) is 0 Å². The molecular weight excluding hydrogens is 288 g/mol. The van der Waals surface area contributed by atoms with Crippen molar-refractivity contribution in [3.8, 4) is 5.88 Å². The lowest BCUT2D eigenvalue weighted by Gasteiger charge is -2.19. The van der Waals surface area contributed by atoms with Gasteiger partial charge < -0.3 is 15.2 Å². The van der Waals surface area contributed by atoms with Gasteiger partial charge in [-0.25, -0.2) is 4.98 Å². The van der Waals surface area contributed by atoms with Gasteiger partial charge in [0.25, 0.3) is 0 Å². The molecule has 6 heteroatoms. The lowest BCUT2D eigenvalue weighted by Crippen LogP contribution is -2.24. The van der Waals surface area contributed by atoms with Crippen LogP contribution in [0, 0.1) is 5.92 Å². The zero-order valence-electron chi connectivity index (χ0n) is 12.7. The van der Waals surface area contributed by atoms with Crippen LogP contribution in [-0.2, 0) is 9.53 Å². The Kier molecular flexibility index (Phi) is 4.98. The first kappa shape index (κ1) is 15.9. The lowest BCUT2D eigenvalue weighted by molar-refractivity contribution is -0.151. The first-order chi connectivity index (χ1) is 9.83. The fourth-order valence-corrected chi connectivity index (χ4v) is 2.25. The summed E-state index contributed by atoms with van der Waals surface area (Å²) in [5.41, 5.74) is 5.90. The molecule has 0 saturated heterocycles. The number of hydrogen-bond donors (Lipinski definition) is 1. The minimum Gasteiger partial charge on any atom is -0.476 e. The summed E-state index contributed by atoms with van der Waals surface area (Å²) < 4.78 is 10.9. The van der Waals surface area contributed by atoms with E-state index in [9.17, 15) is 4.79 Å².